The van der Waals surface area contributed by atoms with Crippen molar-refractivity contribution in [2.24, 2.45) is 0 Å². The van der Waals surface area contributed by atoms with E-state index < -0.39 is 11.7 Å². The Balaban J connectivity index is 1.94. The maximum Gasteiger partial charge on any atom is 0.407 e. The third-order valence-corrected chi connectivity index (χ3v) is 3.27. The van der Waals surface area contributed by atoms with E-state index in [9.17, 15) is 9.18 Å². The molecule has 0 saturated carbocycles. The van der Waals surface area contributed by atoms with Gasteiger partial charge in [-0.25, -0.2) is 9.18 Å². The fraction of sp³-hybridized carbons (Fsp3) is 0.389. The van der Waals surface area contributed by atoms with Crippen molar-refractivity contribution in [1.29, 1.82) is 5.26 Å². The fourth-order valence-electron chi connectivity index (χ4n) is 2.21. The lowest BCUT2D eigenvalue weighted by molar-refractivity contribution is 0.0525. The molecule has 1 amide bonds. The van der Waals surface area contributed by atoms with Gasteiger partial charge in [0.1, 0.15) is 11.4 Å². The molecule has 0 spiro atoms. The second-order valence-corrected chi connectivity index (χ2v) is 6.57. The Morgan fingerprint density at radius 3 is 2.84 bits per heavy atom. The van der Waals surface area contributed by atoms with Gasteiger partial charge in [0.15, 0.2) is 0 Å². The number of carbonyl (C=O) groups is 1. The topological polar surface area (TPSA) is 79.9 Å². The molecule has 1 aromatic carbocycles. The third-order valence-electron chi connectivity index (χ3n) is 3.27. The zero-order valence-electron chi connectivity index (χ0n) is 14.5. The molecule has 0 atom stereocenters. The molecule has 0 bridgehead atoms. The van der Waals surface area contributed by atoms with Crippen molar-refractivity contribution in [3.05, 3.63) is 42.0 Å². The standard InChI is InChI=1S/C18H21FN4O2/c1-18(2,3)25-17(24)21-8-9-23-12-14(11-22-23)15-5-4-13(6-7-20)10-16(15)19/h4-5,10-12H,6,8-9H2,1-3H3,(H,21,24). The average Bonchev–Trinajstić information content (AvgIpc) is 2.94. The minimum Gasteiger partial charge on any atom is -0.444 e. The quantitative estimate of drug-likeness (QED) is 0.903. The molecule has 2 rings (SSSR count). The summed E-state index contributed by atoms with van der Waals surface area (Å²) in [6, 6.07) is 6.72. The number of benzene rings is 1. The highest BCUT2D eigenvalue weighted by Crippen LogP contribution is 2.23. The van der Waals surface area contributed by atoms with Crippen LogP contribution < -0.4 is 5.32 Å². The van der Waals surface area contributed by atoms with Crippen LogP contribution >= 0.6 is 0 Å². The molecule has 7 heteroatoms. The zero-order chi connectivity index (χ0) is 18.4. The van der Waals surface area contributed by atoms with E-state index in [1.54, 1.807) is 50.0 Å². The lowest BCUT2D eigenvalue weighted by Crippen LogP contribution is -2.34. The lowest BCUT2D eigenvalue weighted by atomic mass is 10.1. The normalized spacial score (nSPS) is 11.0. The van der Waals surface area contributed by atoms with Gasteiger partial charge in [-0.3, -0.25) is 4.68 Å². The number of alkyl carbamates (subject to hydrolysis) is 1. The molecule has 2 aromatic rings. The van der Waals surface area contributed by atoms with Gasteiger partial charge in [0.2, 0.25) is 0 Å². The highest BCUT2D eigenvalue weighted by Gasteiger charge is 2.15. The van der Waals surface area contributed by atoms with Crippen LogP contribution in [0.2, 0.25) is 0 Å². The molecular weight excluding hydrogens is 323 g/mol. The Bertz CT molecular complexity index is 787. The first-order valence-corrected chi connectivity index (χ1v) is 7.93. The Morgan fingerprint density at radius 2 is 2.20 bits per heavy atom. The minimum absolute atomic E-state index is 0.173. The maximum atomic E-state index is 14.2. The molecule has 1 heterocycles. The predicted molar refractivity (Wildman–Crippen MR) is 91.2 cm³/mol. The molecule has 0 fully saturated rings. The van der Waals surface area contributed by atoms with Crippen LogP contribution in [0.15, 0.2) is 30.6 Å². The Morgan fingerprint density at radius 1 is 1.44 bits per heavy atom. The Labute approximate surface area is 146 Å². The van der Waals surface area contributed by atoms with Crippen LogP contribution in [0.25, 0.3) is 11.1 Å². The van der Waals surface area contributed by atoms with Crippen LogP contribution in [0.3, 0.4) is 0 Å². The number of aromatic nitrogens is 2. The molecule has 25 heavy (non-hydrogen) atoms. The number of nitrogens with one attached hydrogen (secondary N) is 1. The minimum atomic E-state index is -0.543. The van der Waals surface area contributed by atoms with Gasteiger partial charge in [-0.05, 0) is 32.4 Å². The van der Waals surface area contributed by atoms with E-state index in [1.807, 2.05) is 6.07 Å². The number of nitriles is 1. The van der Waals surface area contributed by atoms with Gasteiger partial charge in [-0.15, -0.1) is 0 Å². The molecule has 0 saturated heterocycles. The van der Waals surface area contributed by atoms with E-state index in [2.05, 4.69) is 10.4 Å². The second kappa shape index (κ2) is 7.79. The molecule has 132 valence electrons. The summed E-state index contributed by atoms with van der Waals surface area (Å²) in [7, 11) is 0. The summed E-state index contributed by atoms with van der Waals surface area (Å²) in [5, 5.41) is 15.5. The van der Waals surface area contributed by atoms with Crippen molar-refractivity contribution in [2.75, 3.05) is 6.54 Å². The van der Waals surface area contributed by atoms with Crippen LogP contribution in [0.1, 0.15) is 26.3 Å². The van der Waals surface area contributed by atoms with Crippen molar-refractivity contribution >= 4 is 6.09 Å². The first-order valence-electron chi connectivity index (χ1n) is 7.93. The van der Waals surface area contributed by atoms with Crippen molar-refractivity contribution in [3.63, 3.8) is 0 Å². The van der Waals surface area contributed by atoms with E-state index in [0.717, 1.165) is 0 Å². The maximum absolute atomic E-state index is 14.2. The molecule has 0 aliphatic carbocycles. The van der Waals surface area contributed by atoms with Gasteiger partial charge in [0.05, 0.1) is 25.2 Å². The molecule has 0 radical (unpaired) electrons. The molecule has 1 N–H and O–H groups in total. The van der Waals surface area contributed by atoms with E-state index in [4.69, 9.17) is 10.00 Å². The van der Waals surface area contributed by atoms with E-state index in [0.29, 0.717) is 29.8 Å². The second-order valence-electron chi connectivity index (χ2n) is 6.57. The molecule has 1 aromatic heterocycles. The summed E-state index contributed by atoms with van der Waals surface area (Å²) in [4.78, 5) is 11.6. The highest BCUT2D eigenvalue weighted by atomic mass is 19.1. The Hall–Kier alpha value is -2.88. The number of ether oxygens (including phenoxy) is 1. The van der Waals surface area contributed by atoms with Crippen molar-refractivity contribution in [1.82, 2.24) is 15.1 Å². The summed E-state index contributed by atoms with van der Waals surface area (Å²) in [6.45, 7) is 6.17. The fourth-order valence-corrected chi connectivity index (χ4v) is 2.21. The van der Waals surface area contributed by atoms with Crippen molar-refractivity contribution < 1.29 is 13.9 Å². The average molecular weight is 344 g/mol. The monoisotopic (exact) mass is 344 g/mol. The summed E-state index contributed by atoms with van der Waals surface area (Å²) in [5.41, 5.74) is 1.15. The van der Waals surface area contributed by atoms with Gasteiger partial charge in [-0.2, -0.15) is 10.4 Å². The summed E-state index contributed by atoms with van der Waals surface area (Å²) in [5.74, 6) is -0.390. The largest absolute Gasteiger partial charge is 0.444 e. The third kappa shape index (κ3) is 5.60. The van der Waals surface area contributed by atoms with Crippen LogP contribution in [0.5, 0.6) is 0 Å². The van der Waals surface area contributed by atoms with Gasteiger partial charge in [-0.1, -0.05) is 12.1 Å². The van der Waals surface area contributed by atoms with Crippen LogP contribution in [0, 0.1) is 17.1 Å². The van der Waals surface area contributed by atoms with Crippen LogP contribution in [0.4, 0.5) is 9.18 Å². The first-order chi connectivity index (χ1) is 11.8. The number of halogens is 1. The number of amides is 1. The predicted octanol–water partition coefficient (Wildman–Crippen LogP) is 3.28. The summed E-state index contributed by atoms with van der Waals surface area (Å²) in [6.07, 6.45) is 2.96. The number of nitrogens with zero attached hydrogens (tertiary/aromatic N) is 3. The molecular formula is C18H21FN4O2. The van der Waals surface area contributed by atoms with Gasteiger partial charge in [0.25, 0.3) is 0 Å². The molecule has 0 aliphatic heterocycles. The smallest absolute Gasteiger partial charge is 0.407 e. The number of hydrogen-bond donors (Lipinski definition) is 1. The molecule has 0 unspecified atom stereocenters. The molecule has 6 nitrogen and oxygen atoms in total. The van der Waals surface area contributed by atoms with Crippen molar-refractivity contribution in [2.45, 2.75) is 39.3 Å². The zero-order valence-corrected chi connectivity index (χ0v) is 14.5. The van der Waals surface area contributed by atoms with E-state index in [-0.39, 0.29) is 12.2 Å². The highest BCUT2D eigenvalue weighted by molar-refractivity contribution is 5.67. The van der Waals surface area contributed by atoms with E-state index in [1.165, 1.54) is 6.07 Å². The first kappa shape index (κ1) is 18.5. The van der Waals surface area contributed by atoms with Gasteiger partial charge in [0, 0.05) is 23.9 Å². The Kier molecular flexibility index (Phi) is 5.75. The molecule has 0 aliphatic rings. The SMILES string of the molecule is CC(C)(C)OC(=O)NCCn1cc(-c2ccc(CC#N)cc2F)cn1. The number of rotatable bonds is 5. The lowest BCUT2D eigenvalue weighted by Gasteiger charge is -2.19. The van der Waals surface area contributed by atoms with Crippen LogP contribution in [-0.4, -0.2) is 28.0 Å². The summed E-state index contributed by atoms with van der Waals surface area (Å²) < 4.78 is 20.9. The number of carbonyl (C=O) groups excluding carboxylic acids is 1. The van der Waals surface area contributed by atoms with Crippen LogP contribution in [-0.2, 0) is 17.7 Å². The van der Waals surface area contributed by atoms with Crippen molar-refractivity contribution in [3.8, 4) is 17.2 Å². The number of hydrogen-bond acceptors (Lipinski definition) is 4. The summed E-state index contributed by atoms with van der Waals surface area (Å²) >= 11 is 0. The van der Waals surface area contributed by atoms with E-state index >= 15 is 0 Å². The van der Waals surface area contributed by atoms with Gasteiger partial charge < -0.3 is 10.1 Å². The van der Waals surface area contributed by atoms with Gasteiger partial charge >= 0.3 is 6.09 Å².